The van der Waals surface area contributed by atoms with Crippen LogP contribution in [-0.2, 0) is 0 Å². The molecule has 1 aliphatic carbocycles. The van der Waals surface area contributed by atoms with Crippen molar-refractivity contribution in [1.29, 1.82) is 0 Å². The smallest absolute Gasteiger partial charge is 0.165 e. The van der Waals surface area contributed by atoms with E-state index < -0.39 is 0 Å². The molecule has 0 radical (unpaired) electrons. The number of benzene rings is 1. The molecule has 0 aromatic heterocycles. The molecule has 0 N–H and O–H groups in total. The Morgan fingerprint density at radius 1 is 1.21 bits per heavy atom. The van der Waals surface area contributed by atoms with Gasteiger partial charge in [-0.3, -0.25) is 4.79 Å². The number of carbonyl (C=O) groups is 1. The Bertz CT molecular complexity index is 330. The molecule has 1 saturated carbocycles. The van der Waals surface area contributed by atoms with Crippen molar-refractivity contribution in [2.75, 3.05) is 0 Å². The van der Waals surface area contributed by atoms with E-state index in [1.165, 1.54) is 0 Å². The molecule has 74 valence electrons. The van der Waals surface area contributed by atoms with Crippen LogP contribution in [0.2, 0.25) is 0 Å². The third-order valence-corrected chi connectivity index (χ3v) is 3.03. The van der Waals surface area contributed by atoms with Gasteiger partial charge in [-0.1, -0.05) is 44.2 Å². The molecule has 14 heavy (non-hydrogen) atoms. The standard InChI is InChI=1S/C13H16O/c1-13(2)8-11(9-13)12(14)10-6-4-3-5-7-10/h3-7,11H,8-9H2,1-2H3. The monoisotopic (exact) mass is 188 g/mol. The molecule has 0 heterocycles. The number of hydrogen-bond donors (Lipinski definition) is 0. The fraction of sp³-hybridized carbons (Fsp3) is 0.462. The van der Waals surface area contributed by atoms with E-state index in [4.69, 9.17) is 0 Å². The van der Waals surface area contributed by atoms with Gasteiger partial charge in [0.2, 0.25) is 0 Å². The highest BCUT2D eigenvalue weighted by Gasteiger charge is 2.40. The number of Topliss-reactive ketones (excluding diaryl/α,β-unsaturated/α-hetero) is 1. The first-order chi connectivity index (χ1) is 6.58. The van der Waals surface area contributed by atoms with E-state index in [1.54, 1.807) is 0 Å². The average Bonchev–Trinajstić information content (AvgIpc) is 2.14. The van der Waals surface area contributed by atoms with Crippen LogP contribution in [0.15, 0.2) is 30.3 Å². The van der Waals surface area contributed by atoms with Crippen LogP contribution in [0.4, 0.5) is 0 Å². The van der Waals surface area contributed by atoms with Crippen LogP contribution in [0.1, 0.15) is 37.0 Å². The maximum atomic E-state index is 11.9. The highest BCUT2D eigenvalue weighted by Crippen LogP contribution is 2.45. The molecule has 0 unspecified atom stereocenters. The highest BCUT2D eigenvalue weighted by atomic mass is 16.1. The molecule has 1 aliphatic rings. The Morgan fingerprint density at radius 3 is 2.29 bits per heavy atom. The van der Waals surface area contributed by atoms with E-state index >= 15 is 0 Å². The van der Waals surface area contributed by atoms with Crippen molar-refractivity contribution in [1.82, 2.24) is 0 Å². The molecule has 0 saturated heterocycles. The first-order valence-electron chi connectivity index (χ1n) is 5.18. The minimum Gasteiger partial charge on any atom is -0.294 e. The highest BCUT2D eigenvalue weighted by molar-refractivity contribution is 5.98. The summed E-state index contributed by atoms with van der Waals surface area (Å²) in [6.07, 6.45) is 2.08. The molecular formula is C13H16O. The molecule has 2 rings (SSSR count). The maximum Gasteiger partial charge on any atom is 0.165 e. The van der Waals surface area contributed by atoms with Crippen LogP contribution in [0.25, 0.3) is 0 Å². The van der Waals surface area contributed by atoms with Gasteiger partial charge in [-0.2, -0.15) is 0 Å². The lowest BCUT2D eigenvalue weighted by molar-refractivity contribution is 0.0592. The zero-order valence-corrected chi connectivity index (χ0v) is 8.79. The van der Waals surface area contributed by atoms with Crippen molar-refractivity contribution < 1.29 is 4.79 Å². The van der Waals surface area contributed by atoms with Gasteiger partial charge in [-0.25, -0.2) is 0 Å². The van der Waals surface area contributed by atoms with Crippen molar-refractivity contribution in [2.45, 2.75) is 26.7 Å². The number of ketones is 1. The van der Waals surface area contributed by atoms with Gasteiger partial charge >= 0.3 is 0 Å². The summed E-state index contributed by atoms with van der Waals surface area (Å²) in [4.78, 5) is 11.9. The van der Waals surface area contributed by atoms with Gasteiger partial charge in [0.1, 0.15) is 0 Å². The SMILES string of the molecule is CC1(C)CC(C(=O)c2ccccc2)C1. The Morgan fingerprint density at radius 2 is 1.79 bits per heavy atom. The fourth-order valence-corrected chi connectivity index (χ4v) is 2.30. The van der Waals surface area contributed by atoms with Crippen molar-refractivity contribution in [3.8, 4) is 0 Å². The predicted molar refractivity (Wildman–Crippen MR) is 57.3 cm³/mol. The average molecular weight is 188 g/mol. The van der Waals surface area contributed by atoms with E-state index in [9.17, 15) is 4.79 Å². The van der Waals surface area contributed by atoms with Gasteiger partial charge in [0.05, 0.1) is 0 Å². The van der Waals surface area contributed by atoms with E-state index in [0.29, 0.717) is 11.2 Å². The van der Waals surface area contributed by atoms with Crippen LogP contribution in [0, 0.1) is 11.3 Å². The van der Waals surface area contributed by atoms with E-state index in [0.717, 1.165) is 18.4 Å². The van der Waals surface area contributed by atoms with Gasteiger partial charge < -0.3 is 0 Å². The quantitative estimate of drug-likeness (QED) is 0.651. The van der Waals surface area contributed by atoms with Crippen molar-refractivity contribution >= 4 is 5.78 Å². The first-order valence-corrected chi connectivity index (χ1v) is 5.18. The molecule has 1 heteroatoms. The normalized spacial score (nSPS) is 20.1. The van der Waals surface area contributed by atoms with Crippen LogP contribution in [0.5, 0.6) is 0 Å². The third-order valence-electron chi connectivity index (χ3n) is 3.03. The number of rotatable bonds is 2. The summed E-state index contributed by atoms with van der Waals surface area (Å²) < 4.78 is 0. The second kappa shape index (κ2) is 3.23. The molecule has 1 nitrogen and oxygen atoms in total. The Labute approximate surface area is 85.1 Å². The van der Waals surface area contributed by atoms with E-state index in [2.05, 4.69) is 13.8 Å². The lowest BCUT2D eigenvalue weighted by atomic mass is 9.62. The van der Waals surface area contributed by atoms with Crippen LogP contribution in [0.3, 0.4) is 0 Å². The predicted octanol–water partition coefficient (Wildman–Crippen LogP) is 3.31. The molecule has 0 spiro atoms. The molecule has 0 atom stereocenters. The molecule has 0 aliphatic heterocycles. The first kappa shape index (κ1) is 9.45. The Hall–Kier alpha value is -1.11. The van der Waals surface area contributed by atoms with Gasteiger partial charge in [-0.05, 0) is 18.3 Å². The van der Waals surface area contributed by atoms with Crippen molar-refractivity contribution in [2.24, 2.45) is 11.3 Å². The summed E-state index contributed by atoms with van der Waals surface area (Å²) in [5.41, 5.74) is 1.25. The minimum atomic E-state index is 0.271. The Balaban J connectivity index is 2.05. The summed E-state index contributed by atoms with van der Waals surface area (Å²) >= 11 is 0. The number of hydrogen-bond acceptors (Lipinski definition) is 1. The van der Waals surface area contributed by atoms with Gasteiger partial charge in [0.15, 0.2) is 5.78 Å². The van der Waals surface area contributed by atoms with Crippen LogP contribution in [-0.4, -0.2) is 5.78 Å². The zero-order valence-electron chi connectivity index (χ0n) is 8.79. The lowest BCUT2D eigenvalue weighted by Crippen LogP contribution is -2.36. The fourth-order valence-electron chi connectivity index (χ4n) is 2.30. The van der Waals surface area contributed by atoms with E-state index in [-0.39, 0.29) is 5.92 Å². The molecule has 1 aromatic carbocycles. The molecule has 1 aromatic rings. The third kappa shape index (κ3) is 1.72. The summed E-state index contributed by atoms with van der Waals surface area (Å²) in [5.74, 6) is 0.595. The second-order valence-corrected chi connectivity index (χ2v) is 5.00. The topological polar surface area (TPSA) is 17.1 Å². The van der Waals surface area contributed by atoms with Gasteiger partial charge in [0.25, 0.3) is 0 Å². The molecular weight excluding hydrogens is 172 g/mol. The van der Waals surface area contributed by atoms with Crippen LogP contribution < -0.4 is 0 Å². The summed E-state index contributed by atoms with van der Waals surface area (Å²) in [6, 6.07) is 9.62. The van der Waals surface area contributed by atoms with E-state index in [1.807, 2.05) is 30.3 Å². The summed E-state index contributed by atoms with van der Waals surface area (Å²) in [6.45, 7) is 4.45. The zero-order chi connectivity index (χ0) is 10.2. The Kier molecular flexibility index (Phi) is 2.18. The summed E-state index contributed by atoms with van der Waals surface area (Å²) in [5, 5.41) is 0. The number of carbonyl (C=O) groups excluding carboxylic acids is 1. The van der Waals surface area contributed by atoms with Gasteiger partial charge in [0, 0.05) is 11.5 Å². The molecule has 1 fully saturated rings. The largest absolute Gasteiger partial charge is 0.294 e. The minimum absolute atomic E-state index is 0.271. The maximum absolute atomic E-state index is 11.9. The van der Waals surface area contributed by atoms with Crippen LogP contribution >= 0.6 is 0 Å². The van der Waals surface area contributed by atoms with Crippen molar-refractivity contribution in [3.05, 3.63) is 35.9 Å². The second-order valence-electron chi connectivity index (χ2n) is 5.00. The molecule has 0 amide bonds. The summed E-state index contributed by atoms with van der Waals surface area (Å²) in [7, 11) is 0. The van der Waals surface area contributed by atoms with Gasteiger partial charge in [-0.15, -0.1) is 0 Å². The van der Waals surface area contributed by atoms with Crippen molar-refractivity contribution in [3.63, 3.8) is 0 Å². The molecule has 0 bridgehead atoms. The lowest BCUT2D eigenvalue weighted by Gasteiger charge is -2.41.